The van der Waals surface area contributed by atoms with Gasteiger partial charge in [-0.15, -0.1) is 0 Å². The highest BCUT2D eigenvalue weighted by Gasteiger charge is 2.23. The molecule has 2 heterocycles. The van der Waals surface area contributed by atoms with E-state index in [1.807, 2.05) is 74.2 Å². The molecule has 1 aromatic heterocycles. The molecule has 168 valence electrons. The predicted molar refractivity (Wildman–Crippen MR) is 121 cm³/mol. The van der Waals surface area contributed by atoms with E-state index in [0.717, 1.165) is 48.2 Å². The summed E-state index contributed by atoms with van der Waals surface area (Å²) in [5, 5.41) is 4.02. The van der Waals surface area contributed by atoms with Crippen molar-refractivity contribution in [2.75, 3.05) is 32.8 Å². The fraction of sp³-hybridized carbons (Fsp3) is 0.360. The normalized spacial score (nSPS) is 14.4. The molecule has 0 spiro atoms. The summed E-state index contributed by atoms with van der Waals surface area (Å²) in [6.07, 6.45) is 0. The van der Waals surface area contributed by atoms with Gasteiger partial charge in [-0.05, 0) is 57.2 Å². The molecule has 32 heavy (non-hydrogen) atoms. The number of rotatable bonds is 7. The fourth-order valence-corrected chi connectivity index (χ4v) is 3.69. The lowest BCUT2D eigenvalue weighted by Crippen LogP contribution is -2.49. The zero-order valence-corrected chi connectivity index (χ0v) is 18.8. The summed E-state index contributed by atoms with van der Waals surface area (Å²) in [5.41, 5.74) is 3.26. The number of piperazine rings is 1. The topological polar surface area (TPSA) is 68.0 Å². The molecule has 0 saturated carbocycles. The molecule has 4 rings (SSSR count). The van der Waals surface area contributed by atoms with E-state index in [1.165, 1.54) is 5.56 Å². The predicted octanol–water partition coefficient (Wildman–Crippen LogP) is 4.12. The number of hydrogen-bond donors (Lipinski definition) is 0. The Bertz CT molecular complexity index is 1020. The summed E-state index contributed by atoms with van der Waals surface area (Å²) in [5.74, 6) is 3.02. The monoisotopic (exact) mass is 435 g/mol. The van der Waals surface area contributed by atoms with Gasteiger partial charge >= 0.3 is 0 Å². The number of ether oxygens (including phenoxy) is 2. The molecule has 1 amide bonds. The van der Waals surface area contributed by atoms with Crippen LogP contribution in [0.1, 0.15) is 22.6 Å². The van der Waals surface area contributed by atoms with Crippen LogP contribution in [-0.4, -0.2) is 53.6 Å². The van der Waals surface area contributed by atoms with Crippen molar-refractivity contribution < 1.29 is 18.8 Å². The highest BCUT2D eigenvalue weighted by atomic mass is 16.5. The maximum atomic E-state index is 12.6. The summed E-state index contributed by atoms with van der Waals surface area (Å²) < 4.78 is 16.8. The second kappa shape index (κ2) is 9.87. The average Bonchev–Trinajstić information content (AvgIpc) is 3.12. The number of carbonyl (C=O) groups is 1. The minimum Gasteiger partial charge on any atom is -0.484 e. The van der Waals surface area contributed by atoms with Crippen LogP contribution in [0.3, 0.4) is 0 Å². The van der Waals surface area contributed by atoms with E-state index in [2.05, 4.69) is 10.1 Å². The second-order valence-electron chi connectivity index (χ2n) is 8.13. The van der Waals surface area contributed by atoms with Gasteiger partial charge in [-0.25, -0.2) is 0 Å². The molecule has 1 saturated heterocycles. The molecule has 0 atom stereocenters. The van der Waals surface area contributed by atoms with Crippen LogP contribution in [-0.2, 0) is 11.3 Å². The molecular formula is C25H29N3O4. The van der Waals surface area contributed by atoms with Crippen LogP contribution in [0.5, 0.6) is 17.2 Å². The third kappa shape index (κ3) is 5.48. The van der Waals surface area contributed by atoms with Gasteiger partial charge in [-0.1, -0.05) is 22.9 Å². The van der Waals surface area contributed by atoms with Crippen molar-refractivity contribution in [2.45, 2.75) is 27.3 Å². The average molecular weight is 436 g/mol. The van der Waals surface area contributed by atoms with Crippen molar-refractivity contribution in [3.8, 4) is 17.2 Å². The number of hydrogen-bond acceptors (Lipinski definition) is 6. The minimum atomic E-state index is 0.00182. The Morgan fingerprint density at radius 3 is 2.09 bits per heavy atom. The Morgan fingerprint density at radius 2 is 1.50 bits per heavy atom. The number of aryl methyl sites for hydroxylation is 3. The van der Waals surface area contributed by atoms with E-state index in [4.69, 9.17) is 14.0 Å². The molecule has 7 nitrogen and oxygen atoms in total. The number of amides is 1. The number of aromatic nitrogens is 1. The van der Waals surface area contributed by atoms with Crippen LogP contribution in [0.25, 0.3) is 0 Å². The smallest absolute Gasteiger partial charge is 0.260 e. The highest BCUT2D eigenvalue weighted by molar-refractivity contribution is 5.77. The molecule has 0 unspecified atom stereocenters. The lowest BCUT2D eigenvalue weighted by Gasteiger charge is -2.34. The quantitative estimate of drug-likeness (QED) is 0.556. The number of benzene rings is 2. The highest BCUT2D eigenvalue weighted by Crippen LogP contribution is 2.24. The summed E-state index contributed by atoms with van der Waals surface area (Å²) >= 11 is 0. The summed E-state index contributed by atoms with van der Waals surface area (Å²) in [6, 6.07) is 15.2. The third-order valence-electron chi connectivity index (χ3n) is 5.73. The fourth-order valence-electron chi connectivity index (χ4n) is 3.69. The first-order chi connectivity index (χ1) is 15.5. The van der Waals surface area contributed by atoms with Gasteiger partial charge < -0.3 is 18.9 Å². The van der Waals surface area contributed by atoms with Gasteiger partial charge in [-0.2, -0.15) is 0 Å². The van der Waals surface area contributed by atoms with Crippen molar-refractivity contribution in [3.63, 3.8) is 0 Å². The van der Waals surface area contributed by atoms with Gasteiger partial charge in [0.1, 0.15) is 23.0 Å². The summed E-state index contributed by atoms with van der Waals surface area (Å²) in [6.45, 7) is 9.79. The number of nitrogens with zero attached hydrogens (tertiary/aromatic N) is 3. The Labute approximate surface area is 188 Å². The molecule has 1 aliphatic heterocycles. The van der Waals surface area contributed by atoms with E-state index in [-0.39, 0.29) is 12.5 Å². The molecule has 1 fully saturated rings. The largest absolute Gasteiger partial charge is 0.484 e. The van der Waals surface area contributed by atoms with Crippen LogP contribution >= 0.6 is 0 Å². The maximum absolute atomic E-state index is 12.6. The second-order valence-corrected chi connectivity index (χ2v) is 8.13. The lowest BCUT2D eigenvalue weighted by molar-refractivity contribution is -0.135. The van der Waals surface area contributed by atoms with Crippen LogP contribution in [0, 0.1) is 20.8 Å². The molecule has 0 aliphatic carbocycles. The Kier molecular flexibility index (Phi) is 6.75. The van der Waals surface area contributed by atoms with Crippen LogP contribution in [0.2, 0.25) is 0 Å². The van der Waals surface area contributed by atoms with E-state index in [0.29, 0.717) is 18.8 Å². The first-order valence-corrected chi connectivity index (χ1v) is 10.9. The SMILES string of the molecule is Cc1ccc(Oc2ccc(OCC(=O)N3CCN(Cc4c(C)noc4C)CC3)cc2)cc1. The molecule has 0 N–H and O–H groups in total. The first-order valence-electron chi connectivity index (χ1n) is 10.9. The van der Waals surface area contributed by atoms with Gasteiger partial charge in [-0.3, -0.25) is 9.69 Å². The lowest BCUT2D eigenvalue weighted by atomic mass is 10.2. The maximum Gasteiger partial charge on any atom is 0.260 e. The number of carbonyl (C=O) groups excluding carboxylic acids is 1. The molecule has 2 aromatic carbocycles. The van der Waals surface area contributed by atoms with Crippen LogP contribution < -0.4 is 9.47 Å². The zero-order chi connectivity index (χ0) is 22.5. The van der Waals surface area contributed by atoms with Gasteiger partial charge in [0, 0.05) is 38.3 Å². The van der Waals surface area contributed by atoms with E-state index in [1.54, 1.807) is 0 Å². The minimum absolute atomic E-state index is 0.00182. The third-order valence-corrected chi connectivity index (χ3v) is 5.73. The Hall–Kier alpha value is -3.32. The molecule has 0 radical (unpaired) electrons. The molecule has 1 aliphatic rings. The van der Waals surface area contributed by atoms with Gasteiger partial charge in [0.05, 0.1) is 5.69 Å². The standard InChI is InChI=1S/C25H29N3O4/c1-18-4-6-22(7-5-18)31-23-10-8-21(9-11-23)30-17-25(29)28-14-12-27(13-15-28)16-24-19(2)26-32-20(24)3/h4-11H,12-17H2,1-3H3. The van der Waals surface area contributed by atoms with E-state index >= 15 is 0 Å². The van der Waals surface area contributed by atoms with Crippen LogP contribution in [0.4, 0.5) is 0 Å². The molecule has 0 bridgehead atoms. The Morgan fingerprint density at radius 1 is 0.906 bits per heavy atom. The van der Waals surface area contributed by atoms with Crippen molar-refractivity contribution in [1.29, 1.82) is 0 Å². The van der Waals surface area contributed by atoms with E-state index in [9.17, 15) is 4.79 Å². The van der Waals surface area contributed by atoms with Crippen LogP contribution in [0.15, 0.2) is 53.1 Å². The summed E-state index contributed by atoms with van der Waals surface area (Å²) in [7, 11) is 0. The van der Waals surface area contributed by atoms with Crippen molar-refractivity contribution in [1.82, 2.24) is 15.0 Å². The van der Waals surface area contributed by atoms with E-state index < -0.39 is 0 Å². The Balaban J connectivity index is 1.21. The molecule has 3 aromatic rings. The van der Waals surface area contributed by atoms with Gasteiger partial charge in [0.2, 0.25) is 0 Å². The van der Waals surface area contributed by atoms with Crippen molar-refractivity contribution in [3.05, 3.63) is 71.1 Å². The van der Waals surface area contributed by atoms with Gasteiger partial charge in [0.25, 0.3) is 5.91 Å². The molecule has 7 heteroatoms. The first kappa shape index (κ1) is 21.9. The zero-order valence-electron chi connectivity index (χ0n) is 18.8. The van der Waals surface area contributed by atoms with Crippen molar-refractivity contribution in [2.24, 2.45) is 0 Å². The van der Waals surface area contributed by atoms with Gasteiger partial charge in [0.15, 0.2) is 6.61 Å². The summed E-state index contributed by atoms with van der Waals surface area (Å²) in [4.78, 5) is 16.8. The van der Waals surface area contributed by atoms with Crippen molar-refractivity contribution >= 4 is 5.91 Å². The molecular weight excluding hydrogens is 406 g/mol.